The Bertz CT molecular complexity index is 1590. The summed E-state index contributed by atoms with van der Waals surface area (Å²) in [6.07, 6.45) is 0.458. The molecule has 4 rings (SSSR count). The number of carbonyl (C=O) groups is 5. The van der Waals surface area contributed by atoms with Crippen molar-refractivity contribution in [3.8, 4) is 5.75 Å². The number of carbonyl (C=O) groups excluding carboxylic acids is 5. The lowest BCUT2D eigenvalue weighted by molar-refractivity contribution is -0.141. The number of nitrogens with zero attached hydrogens (tertiary/aromatic N) is 1. The number of aromatic hydroxyl groups is 1. The summed E-state index contributed by atoms with van der Waals surface area (Å²) >= 11 is 0. The molecule has 0 unspecified atom stereocenters. The fourth-order valence-corrected chi connectivity index (χ4v) is 5.69. The van der Waals surface area contributed by atoms with Crippen LogP contribution in [0.5, 0.6) is 5.75 Å². The largest absolute Gasteiger partial charge is 0.508 e. The minimum absolute atomic E-state index is 0.0549. The van der Waals surface area contributed by atoms with Gasteiger partial charge in [-0.1, -0.05) is 72.8 Å². The number of phenolic OH excluding ortho intramolecular Hbond substituents is 1. The molecule has 0 spiro atoms. The van der Waals surface area contributed by atoms with Gasteiger partial charge in [0.05, 0.1) is 0 Å². The number of hydrogen-bond donors (Lipinski definition) is 5. The average Bonchev–Trinajstić information content (AvgIpc) is 3.55. The van der Waals surface area contributed by atoms with Crippen LogP contribution in [-0.2, 0) is 43.2 Å². The Hall–Kier alpha value is -5.39. The number of primary amides is 1. The van der Waals surface area contributed by atoms with Gasteiger partial charge in [0.25, 0.3) is 0 Å². The van der Waals surface area contributed by atoms with E-state index in [4.69, 9.17) is 10.5 Å². The topological polar surface area (TPSA) is 180 Å². The quantitative estimate of drug-likeness (QED) is 0.185. The normalized spacial score (nSPS) is 16.1. The molecule has 12 nitrogen and oxygen atoms in total. The number of likely N-dealkylation sites (tertiary alicyclic amines) is 1. The van der Waals surface area contributed by atoms with Gasteiger partial charge in [-0.3, -0.25) is 19.2 Å². The van der Waals surface area contributed by atoms with Crippen LogP contribution < -0.4 is 21.7 Å². The number of phenols is 1. The number of nitrogens with two attached hydrogens (primary N) is 1. The van der Waals surface area contributed by atoms with Crippen molar-refractivity contribution in [1.29, 1.82) is 0 Å². The number of rotatable bonds is 13. The Morgan fingerprint density at radius 3 is 1.86 bits per heavy atom. The number of amides is 5. The maximum absolute atomic E-state index is 14.0. The molecule has 1 aliphatic rings. The SMILES string of the molecule is CC(C)(C)OC(=O)N[C@@H](Cc1ccc(O)cc1)C(=O)N1CCC[C@H]1C(=O)N[C@@H](Cc1ccccc1)C(=O)N[C@@H](Cc1ccccc1)C(N)=O. The zero-order valence-corrected chi connectivity index (χ0v) is 28.1. The molecule has 3 aromatic rings. The predicted molar refractivity (Wildman–Crippen MR) is 183 cm³/mol. The summed E-state index contributed by atoms with van der Waals surface area (Å²) in [6, 6.07) is 20.4. The highest BCUT2D eigenvalue weighted by atomic mass is 16.6. The summed E-state index contributed by atoms with van der Waals surface area (Å²) in [6.45, 7) is 5.38. The predicted octanol–water partition coefficient (Wildman–Crippen LogP) is 2.76. The minimum atomic E-state index is -1.09. The lowest BCUT2D eigenvalue weighted by Gasteiger charge is -2.30. The minimum Gasteiger partial charge on any atom is -0.508 e. The van der Waals surface area contributed by atoms with Crippen LogP contribution in [0.3, 0.4) is 0 Å². The lowest BCUT2D eigenvalue weighted by atomic mass is 10.0. The molecule has 1 fully saturated rings. The third-order valence-corrected chi connectivity index (χ3v) is 8.06. The zero-order chi connectivity index (χ0) is 35.6. The van der Waals surface area contributed by atoms with Gasteiger partial charge in [-0.25, -0.2) is 4.79 Å². The van der Waals surface area contributed by atoms with Gasteiger partial charge in [-0.15, -0.1) is 0 Å². The lowest BCUT2D eigenvalue weighted by Crippen LogP contribution is -2.58. The van der Waals surface area contributed by atoms with E-state index in [1.807, 2.05) is 60.7 Å². The first-order valence-corrected chi connectivity index (χ1v) is 16.3. The van der Waals surface area contributed by atoms with Gasteiger partial charge in [0.1, 0.15) is 35.5 Å². The van der Waals surface area contributed by atoms with E-state index < -0.39 is 59.5 Å². The van der Waals surface area contributed by atoms with E-state index in [-0.39, 0.29) is 31.6 Å². The van der Waals surface area contributed by atoms with Crippen molar-refractivity contribution >= 4 is 29.7 Å². The van der Waals surface area contributed by atoms with Crippen molar-refractivity contribution in [2.75, 3.05) is 6.54 Å². The molecular formula is C37H45N5O7. The van der Waals surface area contributed by atoms with E-state index in [2.05, 4.69) is 16.0 Å². The monoisotopic (exact) mass is 671 g/mol. The van der Waals surface area contributed by atoms with Crippen molar-refractivity contribution < 1.29 is 33.8 Å². The van der Waals surface area contributed by atoms with Crippen LogP contribution in [0.4, 0.5) is 4.79 Å². The molecule has 0 aliphatic carbocycles. The highest BCUT2D eigenvalue weighted by Crippen LogP contribution is 2.21. The van der Waals surface area contributed by atoms with E-state index in [0.717, 1.165) is 11.1 Å². The van der Waals surface area contributed by atoms with Crippen LogP contribution in [0.1, 0.15) is 50.3 Å². The fraction of sp³-hybridized carbons (Fsp3) is 0.378. The van der Waals surface area contributed by atoms with Gasteiger partial charge in [0, 0.05) is 25.8 Å². The number of alkyl carbamates (subject to hydrolysis) is 1. The maximum atomic E-state index is 14.0. The summed E-state index contributed by atoms with van der Waals surface area (Å²) < 4.78 is 5.42. The smallest absolute Gasteiger partial charge is 0.408 e. The van der Waals surface area contributed by atoms with Crippen LogP contribution >= 0.6 is 0 Å². The Labute approximate surface area is 286 Å². The molecule has 12 heteroatoms. The second-order valence-electron chi connectivity index (χ2n) is 13.2. The van der Waals surface area contributed by atoms with E-state index >= 15 is 0 Å². The molecule has 1 saturated heterocycles. The highest BCUT2D eigenvalue weighted by Gasteiger charge is 2.39. The summed E-state index contributed by atoms with van der Waals surface area (Å²) in [5.41, 5.74) is 7.10. The fourth-order valence-electron chi connectivity index (χ4n) is 5.69. The van der Waals surface area contributed by atoms with Gasteiger partial charge in [0.15, 0.2) is 0 Å². The molecule has 1 aliphatic heterocycles. The molecule has 0 saturated carbocycles. The molecule has 6 N–H and O–H groups in total. The molecule has 0 radical (unpaired) electrons. The first-order valence-electron chi connectivity index (χ1n) is 16.3. The molecule has 0 aromatic heterocycles. The zero-order valence-electron chi connectivity index (χ0n) is 28.1. The summed E-state index contributed by atoms with van der Waals surface area (Å²) in [4.78, 5) is 68.2. The number of ether oxygens (including phenoxy) is 1. The Morgan fingerprint density at radius 1 is 0.776 bits per heavy atom. The van der Waals surface area contributed by atoms with E-state index in [9.17, 15) is 29.1 Å². The third-order valence-electron chi connectivity index (χ3n) is 8.06. The number of benzene rings is 3. The van der Waals surface area contributed by atoms with Crippen LogP contribution in [0.25, 0.3) is 0 Å². The van der Waals surface area contributed by atoms with Crippen molar-refractivity contribution in [3.63, 3.8) is 0 Å². The molecule has 3 aromatic carbocycles. The van der Waals surface area contributed by atoms with E-state index in [1.54, 1.807) is 32.9 Å². The molecule has 260 valence electrons. The highest BCUT2D eigenvalue weighted by molar-refractivity contribution is 5.95. The van der Waals surface area contributed by atoms with Crippen molar-refractivity contribution in [1.82, 2.24) is 20.9 Å². The number of nitrogens with one attached hydrogen (secondary N) is 3. The molecule has 49 heavy (non-hydrogen) atoms. The Balaban J connectivity index is 1.53. The van der Waals surface area contributed by atoms with Crippen LogP contribution in [-0.4, -0.2) is 76.0 Å². The van der Waals surface area contributed by atoms with Crippen LogP contribution in [0.2, 0.25) is 0 Å². The second-order valence-corrected chi connectivity index (χ2v) is 13.2. The van der Waals surface area contributed by atoms with Gasteiger partial charge < -0.3 is 36.4 Å². The van der Waals surface area contributed by atoms with E-state index in [1.165, 1.54) is 17.0 Å². The average molecular weight is 672 g/mol. The maximum Gasteiger partial charge on any atom is 0.408 e. The van der Waals surface area contributed by atoms with Gasteiger partial charge in [-0.05, 0) is 62.4 Å². The van der Waals surface area contributed by atoms with Gasteiger partial charge in [0.2, 0.25) is 23.6 Å². The van der Waals surface area contributed by atoms with Gasteiger partial charge >= 0.3 is 6.09 Å². The molecule has 5 amide bonds. The number of hydrogen-bond acceptors (Lipinski definition) is 7. The Kier molecular flexibility index (Phi) is 12.4. The third kappa shape index (κ3) is 11.1. The molecular weight excluding hydrogens is 626 g/mol. The van der Waals surface area contributed by atoms with Crippen molar-refractivity contribution in [2.45, 2.75) is 82.6 Å². The summed E-state index contributed by atoms with van der Waals surface area (Å²) in [5.74, 6) is -2.28. The van der Waals surface area contributed by atoms with Crippen molar-refractivity contribution in [3.05, 3.63) is 102 Å². The second kappa shape index (κ2) is 16.6. The van der Waals surface area contributed by atoms with Crippen LogP contribution in [0, 0.1) is 0 Å². The standard InChI is InChI=1S/C37H45N5O7/c1-37(2,3)49-36(48)41-30(23-26-16-18-27(43)19-17-26)35(47)42-20-10-15-31(42)34(46)40-29(22-25-13-8-5-9-14-25)33(45)39-28(32(38)44)21-24-11-6-4-7-12-24/h4-9,11-14,16-19,28-31,43H,10,15,20-23H2,1-3H3,(H2,38,44)(H,39,45)(H,40,46)(H,41,48)/t28-,29-,30-,31-/m0/s1. The van der Waals surface area contributed by atoms with Crippen molar-refractivity contribution in [2.24, 2.45) is 5.73 Å². The molecule has 0 bridgehead atoms. The summed E-state index contributed by atoms with van der Waals surface area (Å²) in [5, 5.41) is 17.9. The summed E-state index contributed by atoms with van der Waals surface area (Å²) in [7, 11) is 0. The first kappa shape index (κ1) is 36.4. The van der Waals surface area contributed by atoms with Gasteiger partial charge in [-0.2, -0.15) is 0 Å². The van der Waals surface area contributed by atoms with Crippen LogP contribution in [0.15, 0.2) is 84.9 Å². The Morgan fingerprint density at radius 2 is 1.31 bits per heavy atom. The van der Waals surface area contributed by atoms with E-state index in [0.29, 0.717) is 18.4 Å². The molecule has 1 heterocycles. The molecule has 4 atom stereocenters. The first-order chi connectivity index (χ1) is 23.3.